The van der Waals surface area contributed by atoms with Crippen LogP contribution in [0.2, 0.25) is 0 Å². The number of guanidine groups is 1. The maximum absolute atomic E-state index is 11.2. The van der Waals surface area contributed by atoms with Gasteiger partial charge in [0.25, 0.3) is 0 Å². The number of hydrogen-bond acceptors (Lipinski definition) is 4. The summed E-state index contributed by atoms with van der Waals surface area (Å²) in [5.41, 5.74) is 0. The maximum Gasteiger partial charge on any atom is 0.305 e. The molecule has 0 aromatic carbocycles. The van der Waals surface area contributed by atoms with Crippen molar-refractivity contribution in [3.63, 3.8) is 0 Å². The smallest absolute Gasteiger partial charge is 0.305 e. The third-order valence-electron chi connectivity index (χ3n) is 4.18. The number of carbonyl (C=O) groups excluding carboxylic acids is 1. The van der Waals surface area contributed by atoms with E-state index in [1.165, 1.54) is 6.42 Å². The predicted molar refractivity (Wildman–Crippen MR) is 97.3 cm³/mol. The molecule has 1 aliphatic heterocycles. The summed E-state index contributed by atoms with van der Waals surface area (Å²) in [6, 6.07) is 0. The van der Waals surface area contributed by atoms with E-state index in [-0.39, 0.29) is 5.97 Å². The molecule has 1 saturated heterocycles. The minimum absolute atomic E-state index is 0.0791. The minimum Gasteiger partial charge on any atom is -0.466 e. The zero-order valence-electron chi connectivity index (χ0n) is 15.7. The molecule has 1 rings (SSSR count). The topological polar surface area (TPSA) is 63.2 Å². The van der Waals surface area contributed by atoms with Crippen LogP contribution in [0.1, 0.15) is 52.4 Å². The molecule has 1 unspecified atom stereocenters. The molecular weight excluding hydrogens is 306 g/mol. The first-order valence-corrected chi connectivity index (χ1v) is 9.39. The van der Waals surface area contributed by atoms with E-state index in [4.69, 9.17) is 14.5 Å². The second-order valence-electron chi connectivity index (χ2n) is 6.26. The molecule has 1 fully saturated rings. The summed E-state index contributed by atoms with van der Waals surface area (Å²) in [6.45, 7) is 9.07. The zero-order valence-corrected chi connectivity index (χ0v) is 15.7. The number of aliphatic imine (C=N–C) groups is 1. The highest BCUT2D eigenvalue weighted by Crippen LogP contribution is 2.16. The van der Waals surface area contributed by atoms with Gasteiger partial charge in [-0.05, 0) is 33.1 Å². The van der Waals surface area contributed by atoms with E-state index in [2.05, 4.69) is 17.1 Å². The van der Waals surface area contributed by atoms with Crippen LogP contribution < -0.4 is 5.32 Å². The van der Waals surface area contributed by atoms with Crippen LogP contribution in [0.25, 0.3) is 0 Å². The van der Waals surface area contributed by atoms with Gasteiger partial charge in [-0.3, -0.25) is 9.79 Å². The molecule has 0 bridgehead atoms. The van der Waals surface area contributed by atoms with Crippen molar-refractivity contribution < 1.29 is 14.3 Å². The van der Waals surface area contributed by atoms with Crippen molar-refractivity contribution in [3.05, 3.63) is 0 Å². The fraction of sp³-hybridized carbons (Fsp3) is 0.889. The number of rotatable bonds is 11. The summed E-state index contributed by atoms with van der Waals surface area (Å²) >= 11 is 0. The number of nitrogens with zero attached hydrogens (tertiary/aromatic N) is 2. The van der Waals surface area contributed by atoms with Gasteiger partial charge >= 0.3 is 5.97 Å². The van der Waals surface area contributed by atoms with E-state index in [0.29, 0.717) is 18.9 Å². The Kier molecular flexibility index (Phi) is 11.3. The van der Waals surface area contributed by atoms with Gasteiger partial charge in [-0.1, -0.05) is 12.8 Å². The second kappa shape index (κ2) is 13.0. The second-order valence-corrected chi connectivity index (χ2v) is 6.26. The van der Waals surface area contributed by atoms with Crippen LogP contribution in [0.5, 0.6) is 0 Å². The van der Waals surface area contributed by atoms with Gasteiger partial charge in [0.05, 0.1) is 13.2 Å². The van der Waals surface area contributed by atoms with Crippen molar-refractivity contribution in [2.24, 2.45) is 10.9 Å². The van der Waals surface area contributed by atoms with Crippen LogP contribution in [0.4, 0.5) is 0 Å². The van der Waals surface area contributed by atoms with Crippen molar-refractivity contribution in [2.75, 3.05) is 46.5 Å². The first-order chi connectivity index (χ1) is 11.7. The lowest BCUT2D eigenvalue weighted by Gasteiger charge is -2.21. The molecule has 0 aromatic rings. The van der Waals surface area contributed by atoms with Gasteiger partial charge in [-0.15, -0.1) is 0 Å². The van der Waals surface area contributed by atoms with Gasteiger partial charge in [-0.2, -0.15) is 0 Å². The van der Waals surface area contributed by atoms with Gasteiger partial charge in [0, 0.05) is 45.6 Å². The van der Waals surface area contributed by atoms with Gasteiger partial charge in [0.15, 0.2) is 5.96 Å². The van der Waals surface area contributed by atoms with Crippen molar-refractivity contribution in [2.45, 2.75) is 52.4 Å². The largest absolute Gasteiger partial charge is 0.466 e. The number of likely N-dealkylation sites (tertiary alicyclic amines) is 1. The molecule has 1 aliphatic rings. The summed E-state index contributed by atoms with van der Waals surface area (Å²) < 4.78 is 10.2. The number of esters is 1. The third-order valence-corrected chi connectivity index (χ3v) is 4.18. The summed E-state index contributed by atoms with van der Waals surface area (Å²) in [6.07, 6.45) is 5.85. The molecule has 1 atom stereocenters. The van der Waals surface area contributed by atoms with Crippen molar-refractivity contribution >= 4 is 11.9 Å². The predicted octanol–water partition coefficient (Wildman–Crippen LogP) is 2.43. The Morgan fingerprint density at radius 1 is 1.25 bits per heavy atom. The molecule has 24 heavy (non-hydrogen) atoms. The average Bonchev–Trinajstić information content (AvgIpc) is 3.02. The highest BCUT2D eigenvalue weighted by molar-refractivity contribution is 5.80. The lowest BCUT2D eigenvalue weighted by Crippen LogP contribution is -2.40. The van der Waals surface area contributed by atoms with E-state index in [1.807, 2.05) is 6.92 Å². The summed E-state index contributed by atoms with van der Waals surface area (Å²) in [4.78, 5) is 18.3. The number of methoxy groups -OCH3 is 1. The fourth-order valence-corrected chi connectivity index (χ4v) is 2.98. The molecular formula is C18H35N3O3. The number of hydrogen-bond donors (Lipinski definition) is 1. The van der Waals surface area contributed by atoms with Crippen molar-refractivity contribution in [1.82, 2.24) is 10.2 Å². The molecule has 1 N–H and O–H groups in total. The Bertz CT molecular complexity index is 375. The van der Waals surface area contributed by atoms with Gasteiger partial charge in [-0.25, -0.2) is 0 Å². The average molecular weight is 341 g/mol. The lowest BCUT2D eigenvalue weighted by atomic mass is 10.1. The Morgan fingerprint density at radius 3 is 2.75 bits per heavy atom. The van der Waals surface area contributed by atoms with Crippen LogP contribution in [0.15, 0.2) is 4.99 Å². The lowest BCUT2D eigenvalue weighted by molar-refractivity contribution is -0.143. The molecule has 1 heterocycles. The van der Waals surface area contributed by atoms with Crippen LogP contribution in [0.3, 0.4) is 0 Å². The van der Waals surface area contributed by atoms with E-state index in [1.54, 1.807) is 7.11 Å². The molecule has 0 radical (unpaired) electrons. The van der Waals surface area contributed by atoms with Gasteiger partial charge < -0.3 is 19.7 Å². The number of unbranched alkanes of at least 4 members (excludes halogenated alkanes) is 3. The van der Waals surface area contributed by atoms with E-state index in [0.717, 1.165) is 64.4 Å². The highest BCUT2D eigenvalue weighted by atomic mass is 16.5. The quantitative estimate of drug-likeness (QED) is 0.271. The molecule has 6 nitrogen and oxygen atoms in total. The summed E-state index contributed by atoms with van der Waals surface area (Å²) in [5.74, 6) is 1.56. The normalized spacial score (nSPS) is 18.0. The first-order valence-electron chi connectivity index (χ1n) is 9.39. The molecule has 140 valence electrons. The first kappa shape index (κ1) is 20.7. The molecule has 0 aliphatic carbocycles. The standard InChI is InChI=1S/C18H35N3O3/c1-4-19-18(21-13-11-16(14-21)15-23-3)20-12-9-7-6-8-10-17(22)24-5-2/h16H,4-15H2,1-3H3,(H,19,20). The van der Waals surface area contributed by atoms with Crippen LogP contribution in [-0.4, -0.2) is 63.3 Å². The monoisotopic (exact) mass is 341 g/mol. The molecule has 0 amide bonds. The molecule has 0 saturated carbocycles. The van der Waals surface area contributed by atoms with E-state index in [9.17, 15) is 4.79 Å². The maximum atomic E-state index is 11.2. The minimum atomic E-state index is -0.0791. The summed E-state index contributed by atoms with van der Waals surface area (Å²) in [5, 5.41) is 3.39. The Balaban J connectivity index is 2.20. The Morgan fingerprint density at radius 2 is 2.04 bits per heavy atom. The van der Waals surface area contributed by atoms with E-state index < -0.39 is 0 Å². The number of carbonyl (C=O) groups is 1. The molecule has 6 heteroatoms. The van der Waals surface area contributed by atoms with Crippen LogP contribution >= 0.6 is 0 Å². The van der Waals surface area contributed by atoms with Gasteiger partial charge in [0.2, 0.25) is 0 Å². The van der Waals surface area contributed by atoms with Crippen LogP contribution in [-0.2, 0) is 14.3 Å². The molecule has 0 spiro atoms. The van der Waals surface area contributed by atoms with E-state index >= 15 is 0 Å². The Labute approximate surface area is 147 Å². The SMILES string of the molecule is CCNC(=NCCCCCCC(=O)OCC)N1CCC(COC)C1. The third kappa shape index (κ3) is 8.52. The van der Waals surface area contributed by atoms with Gasteiger partial charge in [0.1, 0.15) is 0 Å². The number of nitrogens with one attached hydrogen (secondary N) is 1. The number of ether oxygens (including phenoxy) is 2. The molecule has 0 aromatic heterocycles. The van der Waals surface area contributed by atoms with Crippen LogP contribution in [0, 0.1) is 5.92 Å². The highest BCUT2D eigenvalue weighted by Gasteiger charge is 2.24. The van der Waals surface area contributed by atoms with Crippen molar-refractivity contribution in [1.29, 1.82) is 0 Å². The Hall–Kier alpha value is -1.30. The fourth-order valence-electron chi connectivity index (χ4n) is 2.98. The summed E-state index contributed by atoms with van der Waals surface area (Å²) in [7, 11) is 1.77. The zero-order chi connectivity index (χ0) is 17.6. The van der Waals surface area contributed by atoms with Crippen molar-refractivity contribution in [3.8, 4) is 0 Å².